The number of ketones is 1. The molecule has 4 heterocycles. The molecule has 40 heavy (non-hydrogen) atoms. The van der Waals surface area contributed by atoms with E-state index in [-0.39, 0.29) is 36.4 Å². The highest BCUT2D eigenvalue weighted by Crippen LogP contribution is 2.44. The van der Waals surface area contributed by atoms with E-state index in [9.17, 15) is 14.9 Å². The summed E-state index contributed by atoms with van der Waals surface area (Å²) in [6.07, 6.45) is 3.46. The Morgan fingerprint density at radius 2 is 1.95 bits per heavy atom. The molecule has 4 aliphatic heterocycles. The number of fused-ring (bicyclic) bond motifs is 3. The lowest BCUT2D eigenvalue weighted by Crippen LogP contribution is -2.52. The number of anilines is 1. The second kappa shape index (κ2) is 10.6. The molecule has 1 aliphatic carbocycles. The number of carbonyl (C=O) groups excluding carboxylic acids is 2. The van der Waals surface area contributed by atoms with Gasteiger partial charge in [-0.15, -0.1) is 0 Å². The Balaban J connectivity index is 1.09. The largest absolute Gasteiger partial charge is 0.444 e. The predicted octanol–water partition coefficient (Wildman–Crippen LogP) is 4.16. The van der Waals surface area contributed by atoms with E-state index in [2.05, 4.69) is 15.9 Å². The van der Waals surface area contributed by atoms with E-state index < -0.39 is 23.7 Å². The molecule has 5 aliphatic rings. The molecule has 216 valence electrons. The van der Waals surface area contributed by atoms with Crippen LogP contribution in [-0.4, -0.2) is 84.3 Å². The van der Waals surface area contributed by atoms with Gasteiger partial charge in [-0.3, -0.25) is 14.6 Å². The van der Waals surface area contributed by atoms with Gasteiger partial charge in [-0.05, 0) is 89.0 Å². The number of amides is 1. The molecule has 1 aromatic carbocycles. The van der Waals surface area contributed by atoms with E-state index in [4.69, 9.17) is 9.47 Å². The number of likely N-dealkylation sites (tertiary alicyclic amines) is 2. The zero-order valence-corrected chi connectivity index (χ0v) is 23.9. The maximum Gasteiger partial charge on any atom is 0.411 e. The van der Waals surface area contributed by atoms with Crippen molar-refractivity contribution >= 4 is 17.6 Å². The molecular formula is C31H41FN4O4. The summed E-state index contributed by atoms with van der Waals surface area (Å²) < 4.78 is 26.3. The Morgan fingerprint density at radius 1 is 1.15 bits per heavy atom. The number of Topliss-reactive ketones (excluding diaryl/α,β-unsaturated/α-hetero) is 1. The molecule has 0 spiro atoms. The van der Waals surface area contributed by atoms with E-state index in [1.807, 2.05) is 26.8 Å². The molecule has 0 N–H and O–H groups in total. The quantitative estimate of drug-likeness (QED) is 0.502. The zero-order chi connectivity index (χ0) is 28.2. The lowest BCUT2D eigenvalue weighted by Gasteiger charge is -2.38. The molecule has 8 nitrogen and oxygen atoms in total. The van der Waals surface area contributed by atoms with Gasteiger partial charge in [0, 0.05) is 37.3 Å². The summed E-state index contributed by atoms with van der Waals surface area (Å²) in [6.45, 7) is 10.0. The third-order valence-electron chi connectivity index (χ3n) is 9.70. The summed E-state index contributed by atoms with van der Waals surface area (Å²) in [5.74, 6) is -0.401. The molecule has 6 atom stereocenters. The fourth-order valence-electron chi connectivity index (χ4n) is 7.74. The summed E-state index contributed by atoms with van der Waals surface area (Å²) in [5, 5.41) is 9.89. The summed E-state index contributed by atoms with van der Waals surface area (Å²) in [7, 11) is 0. The van der Waals surface area contributed by atoms with Gasteiger partial charge in [0.1, 0.15) is 11.4 Å². The minimum atomic E-state index is -0.656. The molecule has 2 unspecified atom stereocenters. The average molecular weight is 553 g/mol. The summed E-state index contributed by atoms with van der Waals surface area (Å²) >= 11 is 0. The zero-order valence-electron chi connectivity index (χ0n) is 23.9. The predicted molar refractivity (Wildman–Crippen MR) is 147 cm³/mol. The Labute approximate surface area is 236 Å². The van der Waals surface area contributed by atoms with Gasteiger partial charge >= 0.3 is 6.09 Å². The number of hydrogen-bond donors (Lipinski definition) is 0. The summed E-state index contributed by atoms with van der Waals surface area (Å²) in [4.78, 5) is 32.9. The van der Waals surface area contributed by atoms with Crippen molar-refractivity contribution in [1.82, 2.24) is 9.80 Å². The van der Waals surface area contributed by atoms with Gasteiger partial charge in [0.2, 0.25) is 0 Å². The number of ether oxygens (including phenoxy) is 2. The van der Waals surface area contributed by atoms with Crippen LogP contribution in [0.3, 0.4) is 0 Å². The summed E-state index contributed by atoms with van der Waals surface area (Å²) in [5.41, 5.74) is 0.678. The molecule has 5 fully saturated rings. The van der Waals surface area contributed by atoms with Crippen LogP contribution in [0.1, 0.15) is 58.4 Å². The first-order valence-corrected chi connectivity index (χ1v) is 14.9. The molecule has 2 bridgehead atoms. The van der Waals surface area contributed by atoms with Gasteiger partial charge in [-0.2, -0.15) is 5.26 Å². The number of rotatable bonds is 7. The molecular weight excluding hydrogens is 511 g/mol. The molecule has 4 saturated heterocycles. The number of carbonyl (C=O) groups is 2. The van der Waals surface area contributed by atoms with Gasteiger partial charge in [0.05, 0.1) is 37.3 Å². The average Bonchev–Trinajstić information content (AvgIpc) is 3.64. The number of halogens is 1. The summed E-state index contributed by atoms with van der Waals surface area (Å²) in [6, 6.07) is 8.02. The van der Waals surface area contributed by atoms with Crippen molar-refractivity contribution in [2.24, 2.45) is 17.8 Å². The third-order valence-corrected chi connectivity index (χ3v) is 9.70. The van der Waals surface area contributed by atoms with Gasteiger partial charge in [-0.25, -0.2) is 9.18 Å². The normalized spacial score (nSPS) is 30.7. The van der Waals surface area contributed by atoms with E-state index >= 15 is 4.39 Å². The van der Waals surface area contributed by atoms with Crippen LogP contribution in [0.2, 0.25) is 0 Å². The van der Waals surface area contributed by atoms with E-state index in [0.29, 0.717) is 23.6 Å². The van der Waals surface area contributed by atoms with Crippen molar-refractivity contribution in [1.29, 1.82) is 5.26 Å². The molecule has 1 saturated carbocycles. The maximum absolute atomic E-state index is 15.3. The van der Waals surface area contributed by atoms with Crippen LogP contribution in [-0.2, 0) is 20.7 Å². The van der Waals surface area contributed by atoms with E-state index in [0.717, 1.165) is 57.8 Å². The molecule has 6 rings (SSSR count). The van der Waals surface area contributed by atoms with E-state index in [1.165, 1.54) is 6.42 Å². The van der Waals surface area contributed by atoms with Crippen molar-refractivity contribution < 1.29 is 23.5 Å². The minimum absolute atomic E-state index is 0.00107. The first kappa shape index (κ1) is 27.5. The fraction of sp³-hybridized carbons (Fsp3) is 0.710. The van der Waals surface area contributed by atoms with Crippen molar-refractivity contribution in [2.45, 2.75) is 89.1 Å². The topological polar surface area (TPSA) is 86.1 Å². The lowest BCUT2D eigenvalue weighted by molar-refractivity contribution is -0.126. The Kier molecular flexibility index (Phi) is 7.28. The lowest BCUT2D eigenvalue weighted by atomic mass is 9.88. The smallest absolute Gasteiger partial charge is 0.411 e. The van der Waals surface area contributed by atoms with Crippen LogP contribution in [0.25, 0.3) is 0 Å². The monoisotopic (exact) mass is 552 g/mol. The molecule has 9 heteroatoms. The van der Waals surface area contributed by atoms with Gasteiger partial charge in [0.25, 0.3) is 0 Å². The second-order valence-electron chi connectivity index (χ2n) is 13.5. The van der Waals surface area contributed by atoms with Crippen molar-refractivity contribution in [3.05, 3.63) is 29.6 Å². The Morgan fingerprint density at radius 3 is 2.62 bits per heavy atom. The van der Waals surface area contributed by atoms with Crippen LogP contribution in [0.5, 0.6) is 0 Å². The Bertz CT molecular complexity index is 1190. The van der Waals surface area contributed by atoms with Gasteiger partial charge in [0.15, 0.2) is 5.78 Å². The van der Waals surface area contributed by atoms with Crippen LogP contribution in [0.15, 0.2) is 18.2 Å². The van der Waals surface area contributed by atoms with Crippen molar-refractivity contribution in [2.75, 3.05) is 37.7 Å². The number of benzene rings is 1. The molecule has 1 aromatic rings. The highest BCUT2D eigenvalue weighted by atomic mass is 19.1. The van der Waals surface area contributed by atoms with Crippen LogP contribution < -0.4 is 4.90 Å². The van der Waals surface area contributed by atoms with Crippen LogP contribution in [0.4, 0.5) is 14.9 Å². The fourth-order valence-corrected chi connectivity index (χ4v) is 7.74. The minimum Gasteiger partial charge on any atom is -0.444 e. The molecule has 0 radical (unpaired) electrons. The van der Waals surface area contributed by atoms with Crippen LogP contribution in [0, 0.1) is 34.9 Å². The molecule has 1 amide bonds. The second-order valence-corrected chi connectivity index (χ2v) is 13.5. The first-order valence-electron chi connectivity index (χ1n) is 14.9. The highest BCUT2D eigenvalue weighted by Gasteiger charge is 2.52. The van der Waals surface area contributed by atoms with Gasteiger partial charge in [-0.1, -0.05) is 6.07 Å². The standard InChI is InChI=1S/C31H41FN4O4/c1-31(2,3)40-30(38)36-24-7-5-21(12-24)29(36)28(37)11-19(14-33)10-20-4-6-23(13-26(20)32)34-15-22-8-9-35(27(22)16-34)25-17-39-18-25/h4,6,13,19,21-22,24-25,27,29H,5,7-12,15-18H2,1-3H3/t19-,21+,22?,24-,27?,29+/m1/s1. The highest BCUT2D eigenvalue weighted by molar-refractivity contribution is 5.89. The van der Waals surface area contributed by atoms with Crippen molar-refractivity contribution in [3.63, 3.8) is 0 Å². The number of piperidine rings is 1. The van der Waals surface area contributed by atoms with Gasteiger partial charge < -0.3 is 14.4 Å². The maximum atomic E-state index is 15.3. The number of nitrogens with zero attached hydrogens (tertiary/aromatic N) is 4. The van der Waals surface area contributed by atoms with E-state index in [1.54, 1.807) is 17.0 Å². The number of nitriles is 1. The van der Waals surface area contributed by atoms with Crippen LogP contribution >= 0.6 is 0 Å². The van der Waals surface area contributed by atoms with Crippen molar-refractivity contribution in [3.8, 4) is 6.07 Å². The first-order chi connectivity index (χ1) is 19.1. The SMILES string of the molecule is CC(C)(C)OC(=O)N1[C@@H]2CC[C@@H](C2)[C@H]1C(=O)C[C@H](C#N)Cc1ccc(N2CC3CCN(C4COC4)C3C2)cc1F. The Hall–Kier alpha value is -2.70. The number of hydrogen-bond acceptors (Lipinski definition) is 7. The third kappa shape index (κ3) is 5.21. The molecule has 0 aromatic heterocycles.